The fraction of sp³-hybridized carbons (Fsp3) is 0.680. The van der Waals surface area contributed by atoms with Gasteiger partial charge in [0.1, 0.15) is 5.75 Å². The first kappa shape index (κ1) is 27.7. The molecule has 0 radical (unpaired) electrons. The molecule has 0 spiro atoms. The number of likely N-dealkylation sites (tertiary alicyclic amines) is 2. The number of ether oxygens (including phenoxy) is 1. The fourth-order valence-electron chi connectivity index (χ4n) is 4.80. The number of piperidine rings is 2. The summed E-state index contributed by atoms with van der Waals surface area (Å²) in [6.07, 6.45) is 6.54. The summed E-state index contributed by atoms with van der Waals surface area (Å²) in [5.41, 5.74) is 1.30. The normalized spacial score (nSPS) is 18.9. The van der Waals surface area contributed by atoms with E-state index in [0.717, 1.165) is 63.8 Å². The van der Waals surface area contributed by atoms with Crippen molar-refractivity contribution in [3.05, 3.63) is 29.8 Å². The number of amides is 1. The van der Waals surface area contributed by atoms with Crippen LogP contribution in [-0.2, 0) is 4.79 Å². The van der Waals surface area contributed by atoms with Gasteiger partial charge in [-0.05, 0) is 69.3 Å². The van der Waals surface area contributed by atoms with Crippen LogP contribution in [-0.4, -0.2) is 75.1 Å². The lowest BCUT2D eigenvalue weighted by Crippen LogP contribution is -2.46. The Bertz CT molecular complexity index is 729. The highest BCUT2D eigenvalue weighted by Gasteiger charge is 2.25. The van der Waals surface area contributed by atoms with Crippen LogP contribution >= 0.6 is 24.0 Å². The zero-order chi connectivity index (χ0) is 22.8. The minimum absolute atomic E-state index is 0. The van der Waals surface area contributed by atoms with E-state index in [1.807, 2.05) is 0 Å². The summed E-state index contributed by atoms with van der Waals surface area (Å²) in [5.74, 6) is 2.51. The molecule has 1 atom stereocenters. The second-order valence-electron chi connectivity index (χ2n) is 8.89. The minimum atomic E-state index is 0. The first-order chi connectivity index (χ1) is 15.6. The van der Waals surface area contributed by atoms with Gasteiger partial charge in [0.15, 0.2) is 5.96 Å². The van der Waals surface area contributed by atoms with Crippen LogP contribution in [0.4, 0.5) is 0 Å². The van der Waals surface area contributed by atoms with Crippen LogP contribution in [0.5, 0.6) is 5.75 Å². The maximum Gasteiger partial charge on any atom is 0.220 e. The second-order valence-corrected chi connectivity index (χ2v) is 8.89. The van der Waals surface area contributed by atoms with Gasteiger partial charge in [-0.1, -0.05) is 18.6 Å². The lowest BCUT2D eigenvalue weighted by molar-refractivity contribution is -0.121. The highest BCUT2D eigenvalue weighted by molar-refractivity contribution is 14.0. The van der Waals surface area contributed by atoms with Gasteiger partial charge in [0, 0.05) is 33.1 Å². The zero-order valence-corrected chi connectivity index (χ0v) is 22.8. The van der Waals surface area contributed by atoms with Crippen LogP contribution < -0.4 is 15.4 Å². The molecular formula is C25H42IN5O2. The molecule has 3 rings (SSSR count). The van der Waals surface area contributed by atoms with E-state index in [0.29, 0.717) is 12.3 Å². The Hall–Kier alpha value is -1.55. The summed E-state index contributed by atoms with van der Waals surface area (Å²) in [4.78, 5) is 21.8. The Labute approximate surface area is 216 Å². The van der Waals surface area contributed by atoms with E-state index in [9.17, 15) is 4.79 Å². The van der Waals surface area contributed by atoms with Crippen molar-refractivity contribution >= 4 is 35.8 Å². The number of rotatable bonds is 8. The van der Waals surface area contributed by atoms with Crippen LogP contribution in [0.3, 0.4) is 0 Å². The molecule has 33 heavy (non-hydrogen) atoms. The largest absolute Gasteiger partial charge is 0.497 e. The third-order valence-electron chi connectivity index (χ3n) is 6.75. The number of halogens is 1. The quantitative estimate of drug-likeness (QED) is 0.283. The van der Waals surface area contributed by atoms with Crippen LogP contribution in [0.1, 0.15) is 57.1 Å². The van der Waals surface area contributed by atoms with Crippen molar-refractivity contribution in [2.75, 3.05) is 53.4 Å². The molecule has 0 saturated carbocycles. The third-order valence-corrected chi connectivity index (χ3v) is 6.75. The lowest BCUT2D eigenvalue weighted by atomic mass is 9.93. The third kappa shape index (κ3) is 8.31. The van der Waals surface area contributed by atoms with E-state index in [1.54, 1.807) is 14.2 Å². The Balaban J connectivity index is 0.00000385. The van der Waals surface area contributed by atoms with E-state index < -0.39 is 0 Å². The Morgan fingerprint density at radius 3 is 2.36 bits per heavy atom. The number of hydrogen-bond acceptors (Lipinski definition) is 4. The SMILES string of the molecule is CCNC(=NCC(c1ccc(OC)cc1)N1CCCCC1)N1CCC(CC(=O)NC)CC1.I. The molecule has 1 aromatic carbocycles. The number of nitrogens with one attached hydrogen (secondary N) is 2. The number of benzene rings is 1. The first-order valence-corrected chi connectivity index (χ1v) is 12.3. The average molecular weight is 572 g/mol. The molecule has 0 aliphatic carbocycles. The number of hydrogen-bond donors (Lipinski definition) is 2. The predicted molar refractivity (Wildman–Crippen MR) is 146 cm³/mol. The van der Waals surface area contributed by atoms with Crippen LogP contribution in [0.15, 0.2) is 29.3 Å². The van der Waals surface area contributed by atoms with Gasteiger partial charge in [-0.25, -0.2) is 0 Å². The van der Waals surface area contributed by atoms with Gasteiger partial charge in [0.25, 0.3) is 0 Å². The summed E-state index contributed by atoms with van der Waals surface area (Å²) in [5, 5.41) is 6.26. The Morgan fingerprint density at radius 1 is 1.12 bits per heavy atom. The monoisotopic (exact) mass is 571 g/mol. The van der Waals surface area contributed by atoms with Crippen LogP contribution in [0, 0.1) is 5.92 Å². The molecule has 2 N–H and O–H groups in total. The molecule has 1 amide bonds. The summed E-state index contributed by atoms with van der Waals surface area (Å²) in [6.45, 7) is 7.89. The minimum Gasteiger partial charge on any atom is -0.497 e. The topological polar surface area (TPSA) is 69.2 Å². The van der Waals surface area contributed by atoms with Gasteiger partial charge in [0.2, 0.25) is 5.91 Å². The number of carbonyl (C=O) groups excluding carboxylic acids is 1. The maximum atomic E-state index is 11.7. The molecule has 8 heteroatoms. The van der Waals surface area contributed by atoms with Crippen molar-refractivity contribution in [2.24, 2.45) is 10.9 Å². The van der Waals surface area contributed by atoms with Crippen molar-refractivity contribution in [1.29, 1.82) is 0 Å². The van der Waals surface area contributed by atoms with Gasteiger partial charge in [-0.15, -0.1) is 24.0 Å². The number of carbonyl (C=O) groups is 1. The summed E-state index contributed by atoms with van der Waals surface area (Å²) < 4.78 is 5.36. The van der Waals surface area contributed by atoms with Gasteiger partial charge >= 0.3 is 0 Å². The molecule has 1 unspecified atom stereocenters. The van der Waals surface area contributed by atoms with E-state index in [4.69, 9.17) is 9.73 Å². The molecule has 2 fully saturated rings. The lowest BCUT2D eigenvalue weighted by Gasteiger charge is -2.36. The van der Waals surface area contributed by atoms with Gasteiger partial charge < -0.3 is 20.3 Å². The van der Waals surface area contributed by atoms with Gasteiger partial charge in [0.05, 0.1) is 19.7 Å². The predicted octanol–water partition coefficient (Wildman–Crippen LogP) is 3.65. The van der Waals surface area contributed by atoms with E-state index in [-0.39, 0.29) is 35.9 Å². The molecule has 0 aromatic heterocycles. The molecule has 7 nitrogen and oxygen atoms in total. The summed E-state index contributed by atoms with van der Waals surface area (Å²) >= 11 is 0. The maximum absolute atomic E-state index is 11.7. The molecule has 2 aliphatic rings. The number of guanidine groups is 1. The van der Waals surface area contributed by atoms with E-state index in [1.165, 1.54) is 24.8 Å². The smallest absolute Gasteiger partial charge is 0.220 e. The molecule has 186 valence electrons. The van der Waals surface area contributed by atoms with Crippen molar-refractivity contribution in [1.82, 2.24) is 20.4 Å². The molecule has 2 saturated heterocycles. The zero-order valence-electron chi connectivity index (χ0n) is 20.5. The van der Waals surface area contributed by atoms with Crippen molar-refractivity contribution < 1.29 is 9.53 Å². The average Bonchev–Trinajstić information content (AvgIpc) is 2.85. The fourth-order valence-corrected chi connectivity index (χ4v) is 4.80. The molecule has 0 bridgehead atoms. The van der Waals surface area contributed by atoms with Crippen LogP contribution in [0.25, 0.3) is 0 Å². The number of aliphatic imine (C=N–C) groups is 1. The van der Waals surface area contributed by atoms with Crippen molar-refractivity contribution in [3.8, 4) is 5.75 Å². The summed E-state index contributed by atoms with van der Waals surface area (Å²) in [6, 6.07) is 8.76. The highest BCUT2D eigenvalue weighted by Crippen LogP contribution is 2.27. The second kappa shape index (κ2) is 14.7. The number of methoxy groups -OCH3 is 1. The molecule has 2 aliphatic heterocycles. The molecule has 2 heterocycles. The first-order valence-electron chi connectivity index (χ1n) is 12.3. The summed E-state index contributed by atoms with van der Waals surface area (Å²) in [7, 11) is 3.43. The van der Waals surface area contributed by atoms with Crippen LogP contribution in [0.2, 0.25) is 0 Å². The van der Waals surface area contributed by atoms with Gasteiger partial charge in [-0.2, -0.15) is 0 Å². The van der Waals surface area contributed by atoms with Crippen molar-refractivity contribution in [3.63, 3.8) is 0 Å². The van der Waals surface area contributed by atoms with Gasteiger partial charge in [-0.3, -0.25) is 14.7 Å². The van der Waals surface area contributed by atoms with E-state index >= 15 is 0 Å². The standard InChI is InChI=1S/C25H41N5O2.HI/c1-4-27-25(30-16-12-20(13-17-30)18-24(31)26-2)28-19-23(29-14-6-5-7-15-29)21-8-10-22(32-3)11-9-21;/h8-11,20,23H,4-7,12-19H2,1-3H3,(H,26,31)(H,27,28);1H. The molecule has 1 aromatic rings. The Morgan fingerprint density at radius 2 is 1.79 bits per heavy atom. The highest BCUT2D eigenvalue weighted by atomic mass is 127. The molecular weight excluding hydrogens is 529 g/mol. The Kier molecular flexibility index (Phi) is 12.3. The van der Waals surface area contributed by atoms with E-state index in [2.05, 4.69) is 51.6 Å². The van der Waals surface area contributed by atoms with Crippen molar-refractivity contribution in [2.45, 2.75) is 51.5 Å². The number of nitrogens with zero attached hydrogens (tertiary/aromatic N) is 3.